The fourth-order valence-electron chi connectivity index (χ4n) is 2.95. The van der Waals surface area contributed by atoms with Crippen molar-refractivity contribution in [1.29, 1.82) is 0 Å². The normalized spacial score (nSPS) is 14.4. The first-order valence-corrected chi connectivity index (χ1v) is 7.83. The topological polar surface area (TPSA) is 32.3 Å². The largest absolute Gasteiger partial charge is 0.351 e. The molecule has 0 aromatic heterocycles. The van der Waals surface area contributed by atoms with Crippen LogP contribution in [0.4, 0.5) is 0 Å². The van der Waals surface area contributed by atoms with Crippen LogP contribution < -0.4 is 5.32 Å². The summed E-state index contributed by atoms with van der Waals surface area (Å²) in [6.07, 6.45) is 1.03. The van der Waals surface area contributed by atoms with Gasteiger partial charge in [0.05, 0.1) is 6.54 Å². The van der Waals surface area contributed by atoms with Crippen molar-refractivity contribution in [1.82, 2.24) is 10.2 Å². The lowest BCUT2D eigenvalue weighted by atomic mass is 10.00. The second-order valence-electron chi connectivity index (χ2n) is 5.93. The molecule has 0 atom stereocenters. The summed E-state index contributed by atoms with van der Waals surface area (Å²) >= 11 is 0. The molecular weight excluding hydrogens is 272 g/mol. The summed E-state index contributed by atoms with van der Waals surface area (Å²) in [4.78, 5) is 14.4. The van der Waals surface area contributed by atoms with Crippen LogP contribution in [-0.4, -0.2) is 23.9 Å². The molecule has 3 rings (SSSR count). The van der Waals surface area contributed by atoms with E-state index < -0.39 is 0 Å². The molecule has 1 amide bonds. The highest BCUT2D eigenvalue weighted by Gasteiger charge is 2.17. The summed E-state index contributed by atoms with van der Waals surface area (Å²) in [7, 11) is 0. The minimum Gasteiger partial charge on any atom is -0.351 e. The highest BCUT2D eigenvalue weighted by Crippen LogP contribution is 2.17. The van der Waals surface area contributed by atoms with Crippen molar-refractivity contribution in [3.05, 3.63) is 70.8 Å². The first-order valence-electron chi connectivity index (χ1n) is 7.83. The molecule has 1 N–H and O–H groups in total. The molecule has 1 aliphatic heterocycles. The molecule has 1 heterocycles. The highest BCUT2D eigenvalue weighted by molar-refractivity contribution is 5.78. The van der Waals surface area contributed by atoms with Gasteiger partial charge in [-0.3, -0.25) is 9.69 Å². The van der Waals surface area contributed by atoms with Gasteiger partial charge < -0.3 is 5.32 Å². The minimum absolute atomic E-state index is 0.0997. The van der Waals surface area contributed by atoms with E-state index in [4.69, 9.17) is 0 Å². The van der Waals surface area contributed by atoms with Gasteiger partial charge >= 0.3 is 0 Å². The van der Waals surface area contributed by atoms with E-state index in [-0.39, 0.29) is 5.91 Å². The molecule has 0 saturated carbocycles. The smallest absolute Gasteiger partial charge is 0.234 e. The third kappa shape index (κ3) is 3.55. The molecule has 0 saturated heterocycles. The molecule has 0 bridgehead atoms. The average molecular weight is 294 g/mol. The van der Waals surface area contributed by atoms with Gasteiger partial charge in [0, 0.05) is 19.6 Å². The van der Waals surface area contributed by atoms with Gasteiger partial charge in [-0.1, -0.05) is 48.5 Å². The van der Waals surface area contributed by atoms with Gasteiger partial charge in [0.2, 0.25) is 5.91 Å². The lowest BCUT2D eigenvalue weighted by Crippen LogP contribution is -2.39. The predicted octanol–water partition coefficient (Wildman–Crippen LogP) is 2.67. The SMILES string of the molecule is Cc1ccccc1CNC(=O)CN1CCc2ccccc2C1. The number of fused-ring (bicyclic) bond motifs is 1. The number of hydrogen-bond acceptors (Lipinski definition) is 2. The number of amides is 1. The van der Waals surface area contributed by atoms with E-state index in [1.807, 2.05) is 12.1 Å². The van der Waals surface area contributed by atoms with Crippen molar-refractivity contribution >= 4 is 5.91 Å². The first-order chi connectivity index (χ1) is 10.7. The van der Waals surface area contributed by atoms with Crippen LogP contribution in [0.25, 0.3) is 0 Å². The zero-order valence-electron chi connectivity index (χ0n) is 13.0. The second-order valence-corrected chi connectivity index (χ2v) is 5.93. The van der Waals surface area contributed by atoms with Crippen molar-refractivity contribution in [2.75, 3.05) is 13.1 Å². The van der Waals surface area contributed by atoms with Gasteiger partial charge in [0.15, 0.2) is 0 Å². The fraction of sp³-hybridized carbons (Fsp3) is 0.316. The molecule has 114 valence electrons. The zero-order chi connectivity index (χ0) is 15.4. The van der Waals surface area contributed by atoms with E-state index in [2.05, 4.69) is 53.5 Å². The number of hydrogen-bond donors (Lipinski definition) is 1. The fourth-order valence-corrected chi connectivity index (χ4v) is 2.95. The summed E-state index contributed by atoms with van der Waals surface area (Å²) < 4.78 is 0. The standard InChI is InChI=1S/C19H22N2O/c1-15-6-2-3-8-17(15)12-20-19(22)14-21-11-10-16-7-4-5-9-18(16)13-21/h2-9H,10-14H2,1H3,(H,20,22). The lowest BCUT2D eigenvalue weighted by Gasteiger charge is -2.28. The Balaban J connectivity index is 1.52. The molecule has 0 aliphatic carbocycles. The number of nitrogens with one attached hydrogen (secondary N) is 1. The van der Waals surface area contributed by atoms with E-state index >= 15 is 0 Å². The Kier molecular flexibility index (Phi) is 4.54. The predicted molar refractivity (Wildman–Crippen MR) is 88.4 cm³/mol. The van der Waals surface area contributed by atoms with Crippen molar-refractivity contribution in [3.8, 4) is 0 Å². The number of benzene rings is 2. The minimum atomic E-state index is 0.0997. The third-order valence-corrected chi connectivity index (χ3v) is 4.31. The second kappa shape index (κ2) is 6.75. The summed E-state index contributed by atoms with van der Waals surface area (Å²) in [5.74, 6) is 0.0997. The maximum absolute atomic E-state index is 12.2. The Morgan fingerprint density at radius 3 is 2.64 bits per heavy atom. The molecule has 1 aliphatic rings. The van der Waals surface area contributed by atoms with Gasteiger partial charge in [-0.15, -0.1) is 0 Å². The number of aryl methyl sites for hydroxylation is 1. The van der Waals surface area contributed by atoms with Crippen molar-refractivity contribution < 1.29 is 4.79 Å². The molecule has 3 nitrogen and oxygen atoms in total. The first kappa shape index (κ1) is 14.8. The van der Waals surface area contributed by atoms with Crippen LogP contribution in [-0.2, 0) is 24.3 Å². The third-order valence-electron chi connectivity index (χ3n) is 4.31. The summed E-state index contributed by atoms with van der Waals surface area (Å²) in [5.41, 5.74) is 5.16. The molecule has 0 fully saturated rings. The number of rotatable bonds is 4. The van der Waals surface area contributed by atoms with Gasteiger partial charge in [-0.25, -0.2) is 0 Å². The maximum atomic E-state index is 12.2. The van der Waals surface area contributed by atoms with E-state index in [0.717, 1.165) is 19.5 Å². The van der Waals surface area contributed by atoms with Crippen LogP contribution in [0.15, 0.2) is 48.5 Å². The molecule has 0 unspecified atom stereocenters. The Morgan fingerprint density at radius 1 is 1.09 bits per heavy atom. The number of carbonyl (C=O) groups is 1. The quantitative estimate of drug-likeness (QED) is 0.940. The average Bonchev–Trinajstić information content (AvgIpc) is 2.54. The van der Waals surface area contributed by atoms with E-state index in [1.54, 1.807) is 0 Å². The van der Waals surface area contributed by atoms with Crippen LogP contribution in [0.5, 0.6) is 0 Å². The highest BCUT2D eigenvalue weighted by atomic mass is 16.2. The molecule has 22 heavy (non-hydrogen) atoms. The Labute approximate surface area is 132 Å². The molecule has 2 aromatic rings. The lowest BCUT2D eigenvalue weighted by molar-refractivity contribution is -0.122. The van der Waals surface area contributed by atoms with E-state index in [1.165, 1.54) is 22.3 Å². The monoisotopic (exact) mass is 294 g/mol. The molecule has 3 heteroatoms. The van der Waals surface area contributed by atoms with Crippen molar-refractivity contribution in [2.24, 2.45) is 0 Å². The van der Waals surface area contributed by atoms with Crippen LogP contribution in [0.1, 0.15) is 22.3 Å². The van der Waals surface area contributed by atoms with Gasteiger partial charge in [-0.2, -0.15) is 0 Å². The number of carbonyl (C=O) groups excluding carboxylic acids is 1. The molecule has 2 aromatic carbocycles. The molecule has 0 radical (unpaired) electrons. The summed E-state index contributed by atoms with van der Waals surface area (Å²) in [6.45, 7) is 4.97. The van der Waals surface area contributed by atoms with Crippen LogP contribution in [0.2, 0.25) is 0 Å². The van der Waals surface area contributed by atoms with Crippen LogP contribution >= 0.6 is 0 Å². The Hall–Kier alpha value is -2.13. The van der Waals surface area contributed by atoms with Gasteiger partial charge in [0.25, 0.3) is 0 Å². The van der Waals surface area contributed by atoms with E-state index in [0.29, 0.717) is 13.1 Å². The molecule has 0 spiro atoms. The van der Waals surface area contributed by atoms with E-state index in [9.17, 15) is 4.79 Å². The summed E-state index contributed by atoms with van der Waals surface area (Å²) in [5, 5.41) is 3.03. The van der Waals surface area contributed by atoms with Gasteiger partial charge in [-0.05, 0) is 35.6 Å². The van der Waals surface area contributed by atoms with Crippen molar-refractivity contribution in [2.45, 2.75) is 26.4 Å². The maximum Gasteiger partial charge on any atom is 0.234 e. The van der Waals surface area contributed by atoms with Crippen molar-refractivity contribution in [3.63, 3.8) is 0 Å². The van der Waals surface area contributed by atoms with Crippen LogP contribution in [0.3, 0.4) is 0 Å². The molecular formula is C19H22N2O. The summed E-state index contributed by atoms with van der Waals surface area (Å²) in [6, 6.07) is 16.7. The zero-order valence-corrected chi connectivity index (χ0v) is 13.0. The Bertz CT molecular complexity index is 666. The van der Waals surface area contributed by atoms with Crippen LogP contribution in [0, 0.1) is 6.92 Å². The number of nitrogens with zero attached hydrogens (tertiary/aromatic N) is 1. The Morgan fingerprint density at radius 2 is 1.82 bits per heavy atom. The van der Waals surface area contributed by atoms with Gasteiger partial charge in [0.1, 0.15) is 0 Å².